The van der Waals surface area contributed by atoms with Gasteiger partial charge in [0.25, 0.3) is 0 Å². The largest absolute Gasteiger partial charge is 0.477 e. The lowest BCUT2D eigenvalue weighted by Crippen LogP contribution is -2.45. The predicted octanol–water partition coefficient (Wildman–Crippen LogP) is 5.21. The monoisotopic (exact) mass is 472 g/mol. The molecule has 2 heterocycles. The van der Waals surface area contributed by atoms with Crippen LogP contribution in [0.4, 0.5) is 16.2 Å². The Kier molecular flexibility index (Phi) is 7.10. The van der Waals surface area contributed by atoms with Crippen molar-refractivity contribution < 1.29 is 19.5 Å². The molecule has 3 N–H and O–H groups in total. The minimum Gasteiger partial charge on any atom is -0.477 e. The molecule has 0 spiro atoms. The van der Waals surface area contributed by atoms with Crippen molar-refractivity contribution in [2.75, 3.05) is 17.2 Å². The number of nitrogens with zero attached hydrogens (tertiary/aromatic N) is 2. The summed E-state index contributed by atoms with van der Waals surface area (Å²) in [6.07, 6.45) is 2.80. The van der Waals surface area contributed by atoms with Crippen molar-refractivity contribution in [3.05, 3.63) is 78.1 Å². The summed E-state index contributed by atoms with van der Waals surface area (Å²) in [5.41, 5.74) is 3.98. The molecular weight excluding hydrogens is 444 g/mol. The van der Waals surface area contributed by atoms with Crippen molar-refractivity contribution in [3.8, 4) is 11.1 Å². The van der Waals surface area contributed by atoms with Crippen LogP contribution in [-0.4, -0.2) is 45.5 Å². The maximum absolute atomic E-state index is 13.0. The van der Waals surface area contributed by atoms with Crippen LogP contribution in [0.2, 0.25) is 0 Å². The average molecular weight is 473 g/mol. The van der Waals surface area contributed by atoms with Crippen LogP contribution in [0.1, 0.15) is 48.7 Å². The molecule has 8 nitrogen and oxygen atoms in total. The van der Waals surface area contributed by atoms with Crippen molar-refractivity contribution in [1.29, 1.82) is 0 Å². The van der Waals surface area contributed by atoms with E-state index < -0.39 is 12.0 Å². The summed E-state index contributed by atoms with van der Waals surface area (Å²) in [6, 6.07) is 17.2. The van der Waals surface area contributed by atoms with Gasteiger partial charge >= 0.3 is 12.0 Å². The Morgan fingerprint density at radius 1 is 0.943 bits per heavy atom. The summed E-state index contributed by atoms with van der Waals surface area (Å²) in [7, 11) is 0. The molecule has 8 heteroatoms. The molecule has 3 amide bonds. The Morgan fingerprint density at radius 2 is 1.60 bits per heavy atom. The number of amides is 3. The summed E-state index contributed by atoms with van der Waals surface area (Å²) in [5, 5.41) is 14.9. The van der Waals surface area contributed by atoms with E-state index >= 15 is 0 Å². The van der Waals surface area contributed by atoms with Crippen molar-refractivity contribution in [3.63, 3.8) is 0 Å². The van der Waals surface area contributed by atoms with Crippen molar-refractivity contribution in [2.24, 2.45) is 0 Å². The van der Waals surface area contributed by atoms with Gasteiger partial charge in [0, 0.05) is 24.1 Å². The van der Waals surface area contributed by atoms with Gasteiger partial charge in [-0.2, -0.15) is 0 Å². The van der Waals surface area contributed by atoms with E-state index in [1.807, 2.05) is 24.3 Å². The van der Waals surface area contributed by atoms with Crippen LogP contribution in [-0.2, 0) is 4.79 Å². The van der Waals surface area contributed by atoms with E-state index in [0.717, 1.165) is 17.5 Å². The summed E-state index contributed by atoms with van der Waals surface area (Å²) in [4.78, 5) is 42.4. The molecule has 0 aliphatic carbocycles. The molecule has 1 atom stereocenters. The second-order valence-corrected chi connectivity index (χ2v) is 8.86. The van der Waals surface area contributed by atoms with E-state index in [0.29, 0.717) is 30.3 Å². The smallest absolute Gasteiger partial charge is 0.354 e. The number of carboxylic acids is 1. The number of nitrogens with one attached hydrogen (secondary N) is 2. The molecular formula is C27H28N4O4. The molecule has 3 aromatic rings. The zero-order valence-electron chi connectivity index (χ0n) is 19.7. The number of pyridine rings is 1. The second kappa shape index (κ2) is 10.4. The molecule has 1 aliphatic heterocycles. The Hall–Kier alpha value is -4.20. The lowest BCUT2D eigenvalue weighted by Gasteiger charge is -2.24. The third-order valence-corrected chi connectivity index (χ3v) is 6.11. The highest BCUT2D eigenvalue weighted by molar-refractivity contribution is 5.99. The summed E-state index contributed by atoms with van der Waals surface area (Å²) >= 11 is 0. The normalized spacial score (nSPS) is 15.2. The first-order valence-electron chi connectivity index (χ1n) is 11.6. The summed E-state index contributed by atoms with van der Waals surface area (Å²) in [6.45, 7) is 4.74. The fraction of sp³-hybridized carbons (Fsp3) is 0.259. The Bertz CT molecular complexity index is 1220. The third kappa shape index (κ3) is 5.66. The van der Waals surface area contributed by atoms with Gasteiger partial charge < -0.3 is 20.6 Å². The third-order valence-electron chi connectivity index (χ3n) is 6.11. The van der Waals surface area contributed by atoms with Gasteiger partial charge in [-0.05, 0) is 71.8 Å². The summed E-state index contributed by atoms with van der Waals surface area (Å²) < 4.78 is 0. The molecule has 0 bridgehead atoms. The van der Waals surface area contributed by atoms with Gasteiger partial charge in [0.1, 0.15) is 11.7 Å². The Balaban J connectivity index is 1.39. The van der Waals surface area contributed by atoms with E-state index in [1.165, 1.54) is 17.8 Å². The quantitative estimate of drug-likeness (QED) is 0.456. The van der Waals surface area contributed by atoms with E-state index in [9.17, 15) is 14.4 Å². The van der Waals surface area contributed by atoms with E-state index in [1.54, 1.807) is 35.2 Å². The van der Waals surface area contributed by atoms with Crippen molar-refractivity contribution >= 4 is 29.3 Å². The van der Waals surface area contributed by atoms with Crippen LogP contribution in [0.25, 0.3) is 11.1 Å². The first-order chi connectivity index (χ1) is 16.8. The first kappa shape index (κ1) is 23.9. The molecule has 4 rings (SSSR count). The number of carboxylic acid groups (broad SMARTS) is 1. The fourth-order valence-corrected chi connectivity index (χ4v) is 4.13. The number of hydrogen-bond donors (Lipinski definition) is 3. The van der Waals surface area contributed by atoms with Crippen LogP contribution >= 0.6 is 0 Å². The number of benzene rings is 2. The first-order valence-corrected chi connectivity index (χ1v) is 11.6. The fourth-order valence-electron chi connectivity index (χ4n) is 4.13. The predicted molar refractivity (Wildman–Crippen MR) is 135 cm³/mol. The topological polar surface area (TPSA) is 112 Å². The van der Waals surface area contributed by atoms with Gasteiger partial charge in [0.15, 0.2) is 0 Å². The lowest BCUT2D eigenvalue weighted by molar-refractivity contribution is -0.119. The van der Waals surface area contributed by atoms with E-state index in [4.69, 9.17) is 5.11 Å². The van der Waals surface area contributed by atoms with Crippen LogP contribution in [0.5, 0.6) is 0 Å². The van der Waals surface area contributed by atoms with Crippen molar-refractivity contribution in [2.45, 2.75) is 38.6 Å². The summed E-state index contributed by atoms with van der Waals surface area (Å²) in [5.74, 6) is -0.918. The zero-order chi connectivity index (χ0) is 24.9. The maximum Gasteiger partial charge on any atom is 0.354 e. The van der Waals surface area contributed by atoms with Gasteiger partial charge in [0.2, 0.25) is 5.91 Å². The van der Waals surface area contributed by atoms with Crippen LogP contribution < -0.4 is 10.6 Å². The number of rotatable bonds is 6. The van der Waals surface area contributed by atoms with Gasteiger partial charge in [-0.25, -0.2) is 14.6 Å². The van der Waals surface area contributed by atoms with Gasteiger partial charge in [-0.15, -0.1) is 0 Å². The molecule has 0 saturated carbocycles. The standard InChI is InChI=1S/C27H28N4O4/c1-17(2)18-5-9-22(10-6-18)30-27(35)31-15-3-4-24(31)25(32)29-21-11-7-19(8-12-21)20-13-14-28-23(16-20)26(33)34/h5-14,16-17,24H,3-4,15H2,1-2H3,(H,29,32)(H,30,35)(H,33,34)/t24-/m1/s1. The van der Waals surface area contributed by atoms with Crippen molar-refractivity contribution in [1.82, 2.24) is 9.88 Å². The molecule has 35 heavy (non-hydrogen) atoms. The number of aromatic carboxylic acids is 1. The molecule has 2 aromatic carbocycles. The zero-order valence-corrected chi connectivity index (χ0v) is 19.7. The number of urea groups is 1. The van der Waals surface area contributed by atoms with Gasteiger partial charge in [0.05, 0.1) is 0 Å². The highest BCUT2D eigenvalue weighted by atomic mass is 16.4. The van der Waals surface area contributed by atoms with Gasteiger partial charge in [-0.3, -0.25) is 4.79 Å². The molecule has 0 radical (unpaired) electrons. The molecule has 1 aromatic heterocycles. The number of aromatic nitrogens is 1. The average Bonchev–Trinajstić information content (AvgIpc) is 3.35. The van der Waals surface area contributed by atoms with Gasteiger partial charge in [-0.1, -0.05) is 38.1 Å². The molecule has 1 aliphatic rings. The van der Waals surface area contributed by atoms with Crippen LogP contribution in [0, 0.1) is 0 Å². The number of likely N-dealkylation sites (tertiary alicyclic amines) is 1. The number of hydrogen-bond acceptors (Lipinski definition) is 4. The lowest BCUT2D eigenvalue weighted by atomic mass is 10.0. The minimum absolute atomic E-state index is 0.0321. The second-order valence-electron chi connectivity index (χ2n) is 8.86. The Morgan fingerprint density at radius 3 is 2.26 bits per heavy atom. The number of carbonyl (C=O) groups excluding carboxylic acids is 2. The molecule has 1 saturated heterocycles. The molecule has 0 unspecified atom stereocenters. The maximum atomic E-state index is 13.0. The number of anilines is 2. The van der Waals surface area contributed by atoms with Crippen LogP contribution in [0.15, 0.2) is 66.9 Å². The minimum atomic E-state index is -1.09. The highest BCUT2D eigenvalue weighted by Gasteiger charge is 2.34. The SMILES string of the molecule is CC(C)c1ccc(NC(=O)N2CCC[C@@H]2C(=O)Nc2ccc(-c3ccnc(C(=O)O)c3)cc2)cc1. The highest BCUT2D eigenvalue weighted by Crippen LogP contribution is 2.24. The van der Waals surface area contributed by atoms with E-state index in [-0.39, 0.29) is 17.6 Å². The molecule has 1 fully saturated rings. The van der Waals surface area contributed by atoms with E-state index in [2.05, 4.69) is 29.5 Å². The Labute approximate surface area is 204 Å². The van der Waals surface area contributed by atoms with Crippen LogP contribution in [0.3, 0.4) is 0 Å². The molecule has 180 valence electrons. The number of carbonyl (C=O) groups is 3.